The summed E-state index contributed by atoms with van der Waals surface area (Å²) < 4.78 is 10.8. The fourth-order valence-corrected chi connectivity index (χ4v) is 3.22. The summed E-state index contributed by atoms with van der Waals surface area (Å²) in [4.78, 5) is 6.73. The van der Waals surface area contributed by atoms with Gasteiger partial charge in [0.1, 0.15) is 11.5 Å². The molecule has 2 N–H and O–H groups in total. The second-order valence-corrected chi connectivity index (χ2v) is 7.75. The normalized spacial score (nSPS) is 16.3. The van der Waals surface area contributed by atoms with Gasteiger partial charge in [-0.15, -0.1) is 24.0 Å². The van der Waals surface area contributed by atoms with E-state index in [0.717, 1.165) is 55.6 Å². The summed E-state index contributed by atoms with van der Waals surface area (Å²) in [6.07, 6.45) is 4.27. The molecule has 0 amide bonds. The summed E-state index contributed by atoms with van der Waals surface area (Å²) >= 11 is 1.85. The molecule has 1 saturated heterocycles. The van der Waals surface area contributed by atoms with Crippen LogP contribution in [-0.4, -0.2) is 64.4 Å². The molecule has 1 aromatic rings. The number of methoxy groups -OCH3 is 2. The molecule has 1 aliphatic rings. The number of anilines is 1. The number of rotatable bonds is 7. The van der Waals surface area contributed by atoms with Gasteiger partial charge >= 0.3 is 0 Å². The zero-order valence-electron chi connectivity index (χ0n) is 16.9. The summed E-state index contributed by atoms with van der Waals surface area (Å²) in [5, 5.41) is 7.54. The van der Waals surface area contributed by atoms with Crippen LogP contribution in [0.3, 0.4) is 0 Å². The van der Waals surface area contributed by atoms with Gasteiger partial charge in [0.15, 0.2) is 5.96 Å². The number of ether oxygens (including phenoxy) is 2. The molecular formula is C19H33IN4O2S. The number of guanidine groups is 1. The van der Waals surface area contributed by atoms with Crippen molar-refractivity contribution in [2.24, 2.45) is 4.99 Å². The molecule has 2 rings (SSSR count). The zero-order valence-corrected chi connectivity index (χ0v) is 20.1. The summed E-state index contributed by atoms with van der Waals surface area (Å²) in [7, 11) is 5.20. The van der Waals surface area contributed by atoms with Crippen LogP contribution in [0.15, 0.2) is 23.2 Å². The van der Waals surface area contributed by atoms with Crippen LogP contribution in [0.5, 0.6) is 11.5 Å². The predicted octanol–water partition coefficient (Wildman–Crippen LogP) is 3.21. The van der Waals surface area contributed by atoms with Gasteiger partial charge in [-0.3, -0.25) is 4.99 Å². The number of nitrogens with zero attached hydrogens (tertiary/aromatic N) is 2. The molecule has 27 heavy (non-hydrogen) atoms. The monoisotopic (exact) mass is 508 g/mol. The molecule has 0 aromatic heterocycles. The Morgan fingerprint density at radius 3 is 2.30 bits per heavy atom. The van der Waals surface area contributed by atoms with E-state index in [1.807, 2.05) is 24.9 Å². The van der Waals surface area contributed by atoms with Gasteiger partial charge in [-0.2, -0.15) is 11.8 Å². The lowest BCUT2D eigenvalue weighted by Crippen LogP contribution is -2.49. The third-order valence-corrected chi connectivity index (χ3v) is 5.69. The highest BCUT2D eigenvalue weighted by Crippen LogP contribution is 2.30. The van der Waals surface area contributed by atoms with Crippen LogP contribution in [0.25, 0.3) is 0 Å². The number of aliphatic imine (C=N–C) groups is 1. The largest absolute Gasteiger partial charge is 0.497 e. The molecule has 1 unspecified atom stereocenters. The Balaban J connectivity index is 0.00000364. The quantitative estimate of drug-likeness (QED) is 0.335. The fraction of sp³-hybridized carbons (Fsp3) is 0.632. The van der Waals surface area contributed by atoms with Gasteiger partial charge in [-0.05, 0) is 19.1 Å². The molecule has 0 bridgehead atoms. The van der Waals surface area contributed by atoms with Crippen LogP contribution in [-0.2, 0) is 0 Å². The Hall–Kier alpha value is -1.03. The van der Waals surface area contributed by atoms with Gasteiger partial charge in [0.25, 0.3) is 0 Å². The second-order valence-electron chi connectivity index (χ2n) is 6.48. The van der Waals surface area contributed by atoms with Crippen molar-refractivity contribution in [2.75, 3.05) is 52.1 Å². The zero-order chi connectivity index (χ0) is 18.9. The summed E-state index contributed by atoms with van der Waals surface area (Å²) in [5.74, 6) is 2.55. The molecule has 154 valence electrons. The summed E-state index contributed by atoms with van der Waals surface area (Å²) in [5.41, 5.74) is 1.15. The van der Waals surface area contributed by atoms with Gasteiger partial charge in [-0.25, -0.2) is 0 Å². The molecule has 1 fully saturated rings. The average molecular weight is 508 g/mol. The molecule has 6 nitrogen and oxygen atoms in total. The second kappa shape index (κ2) is 12.4. The van der Waals surface area contributed by atoms with Crippen LogP contribution in [0.2, 0.25) is 0 Å². The van der Waals surface area contributed by atoms with Crippen LogP contribution in [0.4, 0.5) is 5.69 Å². The maximum atomic E-state index is 5.39. The SMILES string of the molecule is CN=C(NCC(C)SC)NC1CCN(c2cc(OC)cc(OC)c2)CC1.I. The smallest absolute Gasteiger partial charge is 0.191 e. The first kappa shape index (κ1) is 24.0. The van der Waals surface area contributed by atoms with Crippen molar-refractivity contribution in [3.05, 3.63) is 18.2 Å². The molecule has 0 saturated carbocycles. The Kier molecular flexibility index (Phi) is 11.1. The van der Waals surface area contributed by atoms with Gasteiger partial charge in [0.2, 0.25) is 0 Å². The molecule has 0 aliphatic carbocycles. The lowest BCUT2D eigenvalue weighted by Gasteiger charge is -2.35. The van der Waals surface area contributed by atoms with Crippen molar-refractivity contribution in [3.63, 3.8) is 0 Å². The van der Waals surface area contributed by atoms with Crippen LogP contribution in [0.1, 0.15) is 19.8 Å². The highest BCUT2D eigenvalue weighted by atomic mass is 127. The number of hydrogen-bond donors (Lipinski definition) is 2. The minimum Gasteiger partial charge on any atom is -0.497 e. The maximum Gasteiger partial charge on any atom is 0.191 e. The number of nitrogens with one attached hydrogen (secondary N) is 2. The number of benzene rings is 1. The van der Waals surface area contributed by atoms with E-state index >= 15 is 0 Å². The lowest BCUT2D eigenvalue weighted by atomic mass is 10.0. The summed E-state index contributed by atoms with van der Waals surface area (Å²) in [6, 6.07) is 6.49. The van der Waals surface area contributed by atoms with E-state index in [1.54, 1.807) is 14.2 Å². The van der Waals surface area contributed by atoms with Gasteiger partial charge in [0, 0.05) is 61.9 Å². The van der Waals surface area contributed by atoms with Crippen LogP contribution < -0.4 is 25.0 Å². The standard InChI is InChI=1S/C19H32N4O2S.HI/c1-14(26-5)13-21-19(20-2)22-15-6-8-23(9-7-15)16-10-17(24-3)12-18(11-16)25-4;/h10-12,14-15H,6-9,13H2,1-5H3,(H2,20,21,22);1H. The first-order valence-corrected chi connectivity index (χ1v) is 10.4. The number of piperidine rings is 1. The van der Waals surface area contributed by atoms with E-state index in [2.05, 4.69) is 45.8 Å². The molecular weight excluding hydrogens is 475 g/mol. The molecule has 0 radical (unpaired) electrons. The van der Waals surface area contributed by atoms with E-state index < -0.39 is 0 Å². The van der Waals surface area contributed by atoms with Crippen molar-refractivity contribution in [3.8, 4) is 11.5 Å². The Morgan fingerprint density at radius 1 is 1.22 bits per heavy atom. The van der Waals surface area contributed by atoms with E-state index in [1.165, 1.54) is 0 Å². The highest BCUT2D eigenvalue weighted by Gasteiger charge is 2.21. The first-order chi connectivity index (χ1) is 12.6. The maximum absolute atomic E-state index is 5.39. The predicted molar refractivity (Wildman–Crippen MR) is 128 cm³/mol. The van der Waals surface area contributed by atoms with Crippen LogP contribution in [0, 0.1) is 0 Å². The van der Waals surface area contributed by atoms with Crippen molar-refractivity contribution < 1.29 is 9.47 Å². The molecule has 0 spiro atoms. The number of hydrogen-bond acceptors (Lipinski definition) is 5. The highest BCUT2D eigenvalue weighted by molar-refractivity contribution is 14.0. The van der Waals surface area contributed by atoms with Gasteiger partial charge < -0.3 is 25.0 Å². The lowest BCUT2D eigenvalue weighted by molar-refractivity contribution is 0.393. The minimum atomic E-state index is 0. The molecule has 1 atom stereocenters. The van der Waals surface area contributed by atoms with Crippen molar-refractivity contribution >= 4 is 47.4 Å². The van der Waals surface area contributed by atoms with Gasteiger partial charge in [-0.1, -0.05) is 6.92 Å². The minimum absolute atomic E-state index is 0. The van der Waals surface area contributed by atoms with E-state index in [0.29, 0.717) is 11.3 Å². The third kappa shape index (κ3) is 7.48. The molecule has 1 aromatic carbocycles. The Labute approximate surface area is 184 Å². The van der Waals surface area contributed by atoms with Crippen LogP contribution >= 0.6 is 35.7 Å². The number of thioether (sulfide) groups is 1. The first-order valence-electron chi connectivity index (χ1n) is 9.07. The summed E-state index contributed by atoms with van der Waals surface area (Å²) in [6.45, 7) is 5.12. The topological polar surface area (TPSA) is 58.1 Å². The molecule has 8 heteroatoms. The fourth-order valence-electron chi connectivity index (χ4n) is 2.97. The van der Waals surface area contributed by atoms with E-state index in [4.69, 9.17) is 9.47 Å². The van der Waals surface area contributed by atoms with Crippen molar-refractivity contribution in [2.45, 2.75) is 31.1 Å². The number of halogens is 1. The van der Waals surface area contributed by atoms with Crippen molar-refractivity contribution in [1.82, 2.24) is 10.6 Å². The van der Waals surface area contributed by atoms with Gasteiger partial charge in [0.05, 0.1) is 14.2 Å². The van der Waals surface area contributed by atoms with Crippen molar-refractivity contribution in [1.29, 1.82) is 0 Å². The molecule has 1 heterocycles. The Morgan fingerprint density at radius 2 is 1.81 bits per heavy atom. The Bertz CT molecular complexity index is 573. The van der Waals surface area contributed by atoms with E-state index in [-0.39, 0.29) is 24.0 Å². The average Bonchev–Trinajstić information content (AvgIpc) is 2.70. The molecule has 1 aliphatic heterocycles. The third-order valence-electron chi connectivity index (χ3n) is 4.72. The van der Waals surface area contributed by atoms with E-state index in [9.17, 15) is 0 Å².